The van der Waals surface area contributed by atoms with Gasteiger partial charge in [-0.05, 0) is 19.1 Å². The average molecular weight is 238 g/mol. The Balaban J connectivity index is 0. The molecule has 0 aromatic heterocycles. The summed E-state index contributed by atoms with van der Waals surface area (Å²) < 4.78 is 4.85. The molecule has 0 radical (unpaired) electrons. The van der Waals surface area contributed by atoms with Crippen LogP contribution in [0.25, 0.3) is 0 Å². The van der Waals surface area contributed by atoms with Crippen LogP contribution in [0.3, 0.4) is 0 Å². The van der Waals surface area contributed by atoms with Crippen LogP contribution in [0.15, 0.2) is 24.3 Å². The topological polar surface area (TPSA) is 43.4 Å². The van der Waals surface area contributed by atoms with Gasteiger partial charge in [0.2, 0.25) is 0 Å². The van der Waals surface area contributed by atoms with Crippen LogP contribution in [0.4, 0.5) is 0 Å². The van der Waals surface area contributed by atoms with Crippen LogP contribution in [0.2, 0.25) is 0 Å². The fraction of sp³-hybridized carbons (Fsp3) is 0.429. The monoisotopic (exact) mass is 238 g/mol. The Hall–Kier alpha value is -1.64. The summed E-state index contributed by atoms with van der Waals surface area (Å²) in [5.74, 6) is -0.215. The first-order chi connectivity index (χ1) is 8.11. The largest absolute Gasteiger partial charge is 0.426 e. The Bertz CT molecular complexity index is 343. The first-order valence-corrected chi connectivity index (χ1v) is 5.89. The maximum atomic E-state index is 11.1. The predicted octanol–water partition coefficient (Wildman–Crippen LogP) is 3.87. The number of carbonyl (C=O) groups is 2. The number of hydrogen-bond donors (Lipinski definition) is 0. The Morgan fingerprint density at radius 2 is 1.41 bits per heavy atom. The van der Waals surface area contributed by atoms with Gasteiger partial charge in [-0.3, -0.25) is 9.59 Å². The van der Waals surface area contributed by atoms with Gasteiger partial charge in [-0.25, -0.2) is 0 Å². The highest BCUT2D eigenvalue weighted by Gasteiger charge is 2.08. The van der Waals surface area contributed by atoms with E-state index in [1.165, 1.54) is 13.8 Å². The second kappa shape index (κ2) is 10.9. The molecule has 0 saturated heterocycles. The van der Waals surface area contributed by atoms with Crippen molar-refractivity contribution in [2.45, 2.75) is 41.5 Å². The summed E-state index contributed by atoms with van der Waals surface area (Å²) in [4.78, 5) is 21.7. The zero-order valence-corrected chi connectivity index (χ0v) is 11.5. The first-order valence-electron chi connectivity index (χ1n) is 5.89. The van der Waals surface area contributed by atoms with Gasteiger partial charge in [0.1, 0.15) is 5.75 Å². The molecule has 0 N–H and O–H groups in total. The summed E-state index contributed by atoms with van der Waals surface area (Å²) in [7, 11) is 0. The van der Waals surface area contributed by atoms with Crippen LogP contribution in [0.1, 0.15) is 51.9 Å². The smallest absolute Gasteiger partial charge is 0.308 e. The highest BCUT2D eigenvalue weighted by Crippen LogP contribution is 2.18. The van der Waals surface area contributed by atoms with E-state index in [-0.39, 0.29) is 5.78 Å². The molecule has 0 aliphatic carbocycles. The maximum absolute atomic E-state index is 11.1. The van der Waals surface area contributed by atoms with Crippen LogP contribution in [-0.2, 0) is 4.79 Å². The lowest BCUT2D eigenvalue weighted by atomic mass is 10.1. The van der Waals surface area contributed by atoms with Crippen LogP contribution in [0, 0.1) is 0 Å². The van der Waals surface area contributed by atoms with Crippen LogP contribution < -0.4 is 4.74 Å². The van der Waals surface area contributed by atoms with E-state index < -0.39 is 5.97 Å². The van der Waals surface area contributed by atoms with Gasteiger partial charge in [-0.15, -0.1) is 0 Å². The molecule has 0 aliphatic heterocycles. The van der Waals surface area contributed by atoms with E-state index in [1.807, 2.05) is 27.7 Å². The van der Waals surface area contributed by atoms with Gasteiger partial charge in [0, 0.05) is 6.92 Å². The second-order valence-electron chi connectivity index (χ2n) is 2.65. The van der Waals surface area contributed by atoms with E-state index in [1.54, 1.807) is 24.3 Å². The molecule has 0 aliphatic rings. The SMILES string of the molecule is CC.CC.CC(=O)Oc1ccccc1C(C)=O. The molecule has 17 heavy (non-hydrogen) atoms. The lowest BCUT2D eigenvalue weighted by Crippen LogP contribution is -2.05. The van der Waals surface area contributed by atoms with Gasteiger partial charge in [0.25, 0.3) is 0 Å². The molecule has 0 saturated carbocycles. The van der Waals surface area contributed by atoms with E-state index in [0.717, 1.165) is 0 Å². The quantitative estimate of drug-likeness (QED) is 0.446. The maximum Gasteiger partial charge on any atom is 0.308 e. The second-order valence-corrected chi connectivity index (χ2v) is 2.65. The number of Topliss-reactive ketones (excluding diaryl/α,β-unsaturated/α-hetero) is 1. The number of carbonyl (C=O) groups excluding carboxylic acids is 2. The van der Waals surface area contributed by atoms with Gasteiger partial charge in [0.05, 0.1) is 5.56 Å². The summed E-state index contributed by atoms with van der Waals surface area (Å²) >= 11 is 0. The summed E-state index contributed by atoms with van der Waals surface area (Å²) in [6, 6.07) is 6.66. The van der Waals surface area contributed by atoms with Crippen molar-refractivity contribution in [2.24, 2.45) is 0 Å². The molecular weight excluding hydrogens is 216 g/mol. The third kappa shape index (κ3) is 7.28. The molecule has 1 aromatic carbocycles. The normalized spacial score (nSPS) is 7.88. The number of hydrogen-bond acceptors (Lipinski definition) is 3. The minimum atomic E-state index is -0.422. The third-order valence-corrected chi connectivity index (χ3v) is 1.52. The molecule has 0 spiro atoms. The molecule has 0 heterocycles. The van der Waals surface area contributed by atoms with E-state index in [9.17, 15) is 9.59 Å². The van der Waals surface area contributed by atoms with E-state index >= 15 is 0 Å². The van der Waals surface area contributed by atoms with E-state index in [0.29, 0.717) is 11.3 Å². The van der Waals surface area contributed by atoms with Crippen molar-refractivity contribution in [3.8, 4) is 5.75 Å². The van der Waals surface area contributed by atoms with Crippen molar-refractivity contribution in [3.63, 3.8) is 0 Å². The molecule has 0 fully saturated rings. The number of rotatable bonds is 2. The molecule has 0 amide bonds. The van der Waals surface area contributed by atoms with Crippen molar-refractivity contribution in [3.05, 3.63) is 29.8 Å². The Labute approximate surface area is 104 Å². The summed E-state index contributed by atoms with van der Waals surface area (Å²) in [6.45, 7) is 10.7. The van der Waals surface area contributed by atoms with Crippen LogP contribution in [-0.4, -0.2) is 11.8 Å². The summed E-state index contributed by atoms with van der Waals surface area (Å²) in [5.41, 5.74) is 0.428. The third-order valence-electron chi connectivity index (χ3n) is 1.52. The number of para-hydroxylation sites is 1. The number of benzene rings is 1. The molecule has 3 nitrogen and oxygen atoms in total. The molecular formula is C14H22O3. The molecule has 96 valence electrons. The first kappa shape index (κ1) is 17.7. The molecule has 0 unspecified atom stereocenters. The van der Waals surface area contributed by atoms with Gasteiger partial charge in [0.15, 0.2) is 5.78 Å². The van der Waals surface area contributed by atoms with Crippen molar-refractivity contribution in [2.75, 3.05) is 0 Å². The van der Waals surface area contributed by atoms with Gasteiger partial charge >= 0.3 is 5.97 Å². The minimum Gasteiger partial charge on any atom is -0.426 e. The predicted molar refractivity (Wildman–Crippen MR) is 70.5 cm³/mol. The van der Waals surface area contributed by atoms with Crippen LogP contribution >= 0.6 is 0 Å². The van der Waals surface area contributed by atoms with Crippen molar-refractivity contribution >= 4 is 11.8 Å². The summed E-state index contributed by atoms with van der Waals surface area (Å²) in [6.07, 6.45) is 0. The highest BCUT2D eigenvalue weighted by molar-refractivity contribution is 5.97. The molecule has 0 atom stereocenters. The number of ketones is 1. The summed E-state index contributed by atoms with van der Waals surface area (Å²) in [5, 5.41) is 0. The van der Waals surface area contributed by atoms with Gasteiger partial charge in [-0.2, -0.15) is 0 Å². The average Bonchev–Trinajstić information content (AvgIpc) is 2.34. The zero-order chi connectivity index (χ0) is 13.8. The van der Waals surface area contributed by atoms with Gasteiger partial charge in [-0.1, -0.05) is 39.8 Å². The Morgan fingerprint density at radius 3 is 1.82 bits per heavy atom. The Kier molecular flexibility index (Phi) is 11.3. The van der Waals surface area contributed by atoms with Crippen molar-refractivity contribution in [1.29, 1.82) is 0 Å². The minimum absolute atomic E-state index is 0.114. The molecule has 3 heteroatoms. The molecule has 0 bridgehead atoms. The fourth-order valence-corrected chi connectivity index (χ4v) is 1.00. The van der Waals surface area contributed by atoms with Crippen LogP contribution in [0.5, 0.6) is 5.75 Å². The molecule has 1 rings (SSSR count). The van der Waals surface area contributed by atoms with Gasteiger partial charge < -0.3 is 4.74 Å². The lowest BCUT2D eigenvalue weighted by molar-refractivity contribution is -0.131. The van der Waals surface area contributed by atoms with E-state index in [2.05, 4.69) is 0 Å². The highest BCUT2D eigenvalue weighted by atomic mass is 16.5. The number of ether oxygens (including phenoxy) is 1. The van der Waals surface area contributed by atoms with E-state index in [4.69, 9.17) is 4.74 Å². The lowest BCUT2D eigenvalue weighted by Gasteiger charge is -2.04. The molecule has 1 aromatic rings. The van der Waals surface area contributed by atoms with Crippen molar-refractivity contribution in [1.82, 2.24) is 0 Å². The fourth-order valence-electron chi connectivity index (χ4n) is 1.00. The number of esters is 1. The van der Waals surface area contributed by atoms with Crippen molar-refractivity contribution < 1.29 is 14.3 Å². The Morgan fingerprint density at radius 1 is 0.941 bits per heavy atom. The standard InChI is InChI=1S/C10H10O3.2C2H6/c1-7(11)9-5-3-4-6-10(9)13-8(2)12;2*1-2/h3-6H,1-2H3;2*1-2H3. The zero-order valence-electron chi connectivity index (χ0n) is 11.5.